The molecule has 4 nitrogen and oxygen atoms in total. The highest BCUT2D eigenvalue weighted by atomic mass is 35.6. The van der Waals surface area contributed by atoms with E-state index in [-0.39, 0.29) is 0 Å². The number of rotatable bonds is 4. The molecule has 1 aromatic heterocycles. The van der Waals surface area contributed by atoms with Gasteiger partial charge in [-0.2, -0.15) is 0 Å². The first-order valence-corrected chi connectivity index (χ1v) is 7.03. The molecule has 2 rings (SSSR count). The fraction of sp³-hybridized carbons (Fsp3) is 0.385. The summed E-state index contributed by atoms with van der Waals surface area (Å²) >= 11 is 17.9. The van der Waals surface area contributed by atoms with Gasteiger partial charge in [0.15, 0.2) is 5.60 Å². The van der Waals surface area contributed by atoms with Crippen molar-refractivity contribution < 1.29 is 14.6 Å². The number of nitrogens with one attached hydrogen (secondary N) is 1. The molecule has 20 heavy (non-hydrogen) atoms. The average molecular weight is 339 g/mol. The van der Waals surface area contributed by atoms with E-state index in [1.165, 1.54) is 6.26 Å². The molecule has 110 valence electrons. The van der Waals surface area contributed by atoms with Crippen molar-refractivity contribution in [1.82, 2.24) is 5.32 Å². The Hall–Kier alpha value is -0.490. The maximum absolute atomic E-state index is 10.9. The van der Waals surface area contributed by atoms with E-state index in [4.69, 9.17) is 39.2 Å². The molecule has 0 spiro atoms. The van der Waals surface area contributed by atoms with Gasteiger partial charge in [0.2, 0.25) is 3.79 Å². The summed E-state index contributed by atoms with van der Waals surface area (Å²) in [7, 11) is 1.57. The Kier molecular flexibility index (Phi) is 4.54. The number of alkyl halides is 3. The van der Waals surface area contributed by atoms with Crippen LogP contribution in [0.4, 0.5) is 0 Å². The number of halogens is 3. The number of fused-ring (bicyclic) bond motifs is 1. The van der Waals surface area contributed by atoms with Gasteiger partial charge in [-0.15, -0.1) is 0 Å². The smallest absolute Gasteiger partial charge is 0.224 e. The highest BCUT2D eigenvalue weighted by Gasteiger charge is 2.53. The van der Waals surface area contributed by atoms with Gasteiger partial charge in [-0.1, -0.05) is 40.9 Å². The van der Waals surface area contributed by atoms with Crippen molar-refractivity contribution in [2.45, 2.75) is 15.4 Å². The van der Waals surface area contributed by atoms with E-state index in [0.717, 1.165) is 5.39 Å². The van der Waals surface area contributed by atoms with Gasteiger partial charge in [0, 0.05) is 5.39 Å². The molecule has 1 heterocycles. The summed E-state index contributed by atoms with van der Waals surface area (Å²) < 4.78 is 3.21. The Morgan fingerprint density at radius 3 is 2.55 bits per heavy atom. The first-order valence-electron chi connectivity index (χ1n) is 5.89. The lowest BCUT2D eigenvalue weighted by atomic mass is 9.87. The van der Waals surface area contributed by atoms with Crippen molar-refractivity contribution in [3.63, 3.8) is 0 Å². The van der Waals surface area contributed by atoms with Gasteiger partial charge in [0.1, 0.15) is 5.58 Å². The predicted molar refractivity (Wildman–Crippen MR) is 80.3 cm³/mol. The van der Waals surface area contributed by atoms with Gasteiger partial charge in [0.25, 0.3) is 0 Å². The Balaban J connectivity index is 2.61. The number of hydrogen-bond donors (Lipinski definition) is 3. The quantitative estimate of drug-likeness (QED) is 0.750. The van der Waals surface area contributed by atoms with Crippen molar-refractivity contribution in [2.24, 2.45) is 0 Å². The predicted octanol–water partition coefficient (Wildman–Crippen LogP) is 2.57. The zero-order valence-electron chi connectivity index (χ0n) is 10.6. The third-order valence-electron chi connectivity index (χ3n) is 3.36. The second-order valence-corrected chi connectivity index (χ2v) is 6.74. The van der Waals surface area contributed by atoms with Crippen LogP contribution in [-0.4, -0.2) is 33.7 Å². The maximum atomic E-state index is 10.9. The lowest BCUT2D eigenvalue weighted by Crippen LogP contribution is -2.57. The van der Waals surface area contributed by atoms with Crippen LogP contribution in [0.1, 0.15) is 5.56 Å². The van der Waals surface area contributed by atoms with E-state index in [0.29, 0.717) is 11.1 Å². The zero-order chi connectivity index (χ0) is 15.0. The highest BCUT2D eigenvalue weighted by molar-refractivity contribution is 6.68. The SMILES string of the molecule is CNC(CO)C(O)(c1ccc2occc2c1)C(Cl)(Cl)Cl. The molecule has 2 aromatic rings. The first-order chi connectivity index (χ1) is 9.34. The zero-order valence-corrected chi connectivity index (χ0v) is 12.9. The third-order valence-corrected chi connectivity index (χ3v) is 4.22. The summed E-state index contributed by atoms with van der Waals surface area (Å²) in [4.78, 5) is 0. The second-order valence-electron chi connectivity index (χ2n) is 4.46. The van der Waals surface area contributed by atoms with Crippen LogP contribution in [0.15, 0.2) is 34.9 Å². The standard InChI is InChI=1S/C13H14Cl3NO3/c1-17-11(7-18)12(19,13(14,15)16)9-2-3-10-8(6-9)4-5-20-10/h2-6,11,17-19H,7H2,1H3. The fourth-order valence-electron chi connectivity index (χ4n) is 2.20. The summed E-state index contributed by atoms with van der Waals surface area (Å²) in [6, 6.07) is 5.84. The fourth-order valence-corrected chi connectivity index (χ4v) is 2.92. The molecule has 1 aromatic carbocycles. The molecule has 0 radical (unpaired) electrons. The van der Waals surface area contributed by atoms with E-state index in [9.17, 15) is 10.2 Å². The highest BCUT2D eigenvalue weighted by Crippen LogP contribution is 2.47. The molecule has 0 saturated heterocycles. The molecule has 0 amide bonds. The minimum absolute atomic E-state index is 0.375. The average Bonchev–Trinajstić information content (AvgIpc) is 2.85. The van der Waals surface area contributed by atoms with Gasteiger partial charge in [-0.3, -0.25) is 0 Å². The Bertz CT molecular complexity index is 592. The number of furan rings is 1. The summed E-state index contributed by atoms with van der Waals surface area (Å²) in [6.07, 6.45) is 1.53. The molecule has 2 atom stereocenters. The largest absolute Gasteiger partial charge is 0.464 e. The summed E-state index contributed by atoms with van der Waals surface area (Å²) in [6.45, 7) is -0.398. The van der Waals surface area contributed by atoms with Crippen molar-refractivity contribution in [3.05, 3.63) is 36.1 Å². The molecule has 0 aliphatic rings. The Morgan fingerprint density at radius 2 is 2.00 bits per heavy atom. The van der Waals surface area contributed by atoms with Crippen LogP contribution in [0, 0.1) is 0 Å². The lowest BCUT2D eigenvalue weighted by Gasteiger charge is -2.40. The topological polar surface area (TPSA) is 65.6 Å². The molecule has 3 N–H and O–H groups in total. The molecule has 0 aliphatic heterocycles. The summed E-state index contributed by atoms with van der Waals surface area (Å²) in [5.41, 5.74) is -0.864. The number of aliphatic hydroxyl groups excluding tert-OH is 1. The number of benzene rings is 1. The van der Waals surface area contributed by atoms with Gasteiger partial charge < -0.3 is 19.9 Å². The molecular formula is C13H14Cl3NO3. The van der Waals surface area contributed by atoms with E-state index >= 15 is 0 Å². The second kappa shape index (κ2) is 5.72. The number of aliphatic hydroxyl groups is 2. The lowest BCUT2D eigenvalue weighted by molar-refractivity contribution is -0.0166. The third kappa shape index (κ3) is 2.52. The maximum Gasteiger partial charge on any atom is 0.224 e. The minimum Gasteiger partial charge on any atom is -0.464 e. The molecule has 7 heteroatoms. The van der Waals surface area contributed by atoms with E-state index in [1.807, 2.05) is 0 Å². The molecule has 0 fully saturated rings. The molecule has 0 aliphatic carbocycles. The van der Waals surface area contributed by atoms with Crippen LogP contribution >= 0.6 is 34.8 Å². The van der Waals surface area contributed by atoms with Crippen molar-refractivity contribution in [1.29, 1.82) is 0 Å². The van der Waals surface area contributed by atoms with E-state index in [1.54, 1.807) is 31.3 Å². The van der Waals surface area contributed by atoms with Crippen LogP contribution in [0.2, 0.25) is 0 Å². The molecule has 0 saturated carbocycles. The number of hydrogen-bond acceptors (Lipinski definition) is 4. The minimum atomic E-state index is -2.03. The van der Waals surface area contributed by atoms with Crippen LogP contribution in [0.3, 0.4) is 0 Å². The Morgan fingerprint density at radius 1 is 1.30 bits per heavy atom. The van der Waals surface area contributed by atoms with Crippen LogP contribution in [-0.2, 0) is 5.60 Å². The van der Waals surface area contributed by atoms with E-state index in [2.05, 4.69) is 5.32 Å². The van der Waals surface area contributed by atoms with E-state index < -0.39 is 22.0 Å². The van der Waals surface area contributed by atoms with Gasteiger partial charge in [-0.25, -0.2) is 0 Å². The van der Waals surface area contributed by atoms with Gasteiger partial charge in [-0.05, 0) is 30.8 Å². The van der Waals surface area contributed by atoms with Crippen molar-refractivity contribution in [3.8, 4) is 0 Å². The summed E-state index contributed by atoms with van der Waals surface area (Å²) in [5.74, 6) is 0. The molecular weight excluding hydrogens is 325 g/mol. The van der Waals surface area contributed by atoms with Crippen LogP contribution in [0.5, 0.6) is 0 Å². The normalized spacial score (nSPS) is 17.1. The van der Waals surface area contributed by atoms with Crippen molar-refractivity contribution >= 4 is 45.8 Å². The van der Waals surface area contributed by atoms with Crippen LogP contribution < -0.4 is 5.32 Å². The Labute approximate surface area is 131 Å². The number of likely N-dealkylation sites (N-methyl/N-ethyl adjacent to an activating group) is 1. The molecule has 0 bridgehead atoms. The van der Waals surface area contributed by atoms with Crippen molar-refractivity contribution in [2.75, 3.05) is 13.7 Å². The first kappa shape index (κ1) is 15.9. The monoisotopic (exact) mass is 337 g/mol. The summed E-state index contributed by atoms with van der Waals surface area (Å²) in [5, 5.41) is 23.9. The van der Waals surface area contributed by atoms with Crippen LogP contribution in [0.25, 0.3) is 11.0 Å². The van der Waals surface area contributed by atoms with Gasteiger partial charge >= 0.3 is 0 Å². The molecule has 2 unspecified atom stereocenters. The van der Waals surface area contributed by atoms with Gasteiger partial charge in [0.05, 0.1) is 18.9 Å².